The Balaban J connectivity index is 2.21. The summed E-state index contributed by atoms with van der Waals surface area (Å²) in [6.45, 7) is 2.25. The monoisotopic (exact) mass is 252 g/mol. The summed E-state index contributed by atoms with van der Waals surface area (Å²) in [6, 6.07) is 0. The van der Waals surface area contributed by atoms with E-state index in [1.807, 2.05) is 0 Å². The van der Waals surface area contributed by atoms with Crippen LogP contribution in [0, 0.1) is 5.92 Å². The lowest BCUT2D eigenvalue weighted by Gasteiger charge is -2.11. The van der Waals surface area contributed by atoms with E-state index in [0.717, 1.165) is 19.3 Å². The van der Waals surface area contributed by atoms with Gasteiger partial charge in [-0.05, 0) is 12.3 Å². The van der Waals surface area contributed by atoms with Crippen LogP contribution in [0.15, 0.2) is 0 Å². The van der Waals surface area contributed by atoms with E-state index in [1.165, 1.54) is 70.6 Å². The molecule has 0 saturated heterocycles. The SMILES string of the molecule is C[C@H]1CCCCCCCCCCCCCC(=O)C1. The van der Waals surface area contributed by atoms with Crippen molar-refractivity contribution in [2.75, 3.05) is 0 Å². The van der Waals surface area contributed by atoms with Crippen molar-refractivity contribution in [3.05, 3.63) is 0 Å². The van der Waals surface area contributed by atoms with Crippen molar-refractivity contribution < 1.29 is 4.79 Å². The summed E-state index contributed by atoms with van der Waals surface area (Å²) in [6.07, 6.45) is 17.8. The topological polar surface area (TPSA) is 17.1 Å². The van der Waals surface area contributed by atoms with Gasteiger partial charge in [0.2, 0.25) is 0 Å². The summed E-state index contributed by atoms with van der Waals surface area (Å²) >= 11 is 0. The van der Waals surface area contributed by atoms with Gasteiger partial charge in [0.25, 0.3) is 0 Å². The Morgan fingerprint density at radius 1 is 0.722 bits per heavy atom. The molecule has 1 aliphatic carbocycles. The molecule has 1 fully saturated rings. The number of hydrogen-bond donors (Lipinski definition) is 0. The van der Waals surface area contributed by atoms with Crippen molar-refractivity contribution in [2.45, 2.75) is 96.8 Å². The number of rotatable bonds is 0. The van der Waals surface area contributed by atoms with Crippen LogP contribution in [-0.4, -0.2) is 5.78 Å². The van der Waals surface area contributed by atoms with E-state index in [-0.39, 0.29) is 0 Å². The summed E-state index contributed by atoms with van der Waals surface area (Å²) in [5.41, 5.74) is 0. The van der Waals surface area contributed by atoms with Crippen molar-refractivity contribution in [1.29, 1.82) is 0 Å². The van der Waals surface area contributed by atoms with Crippen LogP contribution in [-0.2, 0) is 4.79 Å². The Bertz CT molecular complexity index is 210. The Hall–Kier alpha value is -0.330. The second-order valence-electron chi connectivity index (χ2n) is 6.28. The van der Waals surface area contributed by atoms with Gasteiger partial charge in [-0.3, -0.25) is 4.79 Å². The molecule has 0 heterocycles. The minimum atomic E-state index is 0.509. The van der Waals surface area contributed by atoms with Crippen LogP contribution >= 0.6 is 0 Å². The third kappa shape index (κ3) is 8.72. The first-order chi connectivity index (χ1) is 8.79. The van der Waals surface area contributed by atoms with Gasteiger partial charge in [0.15, 0.2) is 0 Å². The summed E-state index contributed by atoms with van der Waals surface area (Å²) in [4.78, 5) is 11.8. The number of hydrogen-bond acceptors (Lipinski definition) is 1. The zero-order chi connectivity index (χ0) is 13.1. The lowest BCUT2D eigenvalue weighted by molar-refractivity contribution is -0.120. The molecule has 1 heteroatoms. The Morgan fingerprint density at radius 2 is 1.17 bits per heavy atom. The highest BCUT2D eigenvalue weighted by atomic mass is 16.1. The summed E-state index contributed by atoms with van der Waals surface area (Å²) in [5.74, 6) is 1.12. The molecule has 1 nitrogen and oxygen atoms in total. The molecule has 18 heavy (non-hydrogen) atoms. The minimum Gasteiger partial charge on any atom is -0.300 e. The predicted octanol–water partition coefficient (Wildman–Crippen LogP) is 5.67. The van der Waals surface area contributed by atoms with Crippen LogP contribution in [0.4, 0.5) is 0 Å². The van der Waals surface area contributed by atoms with Crippen molar-refractivity contribution in [3.63, 3.8) is 0 Å². The zero-order valence-corrected chi connectivity index (χ0v) is 12.4. The summed E-state index contributed by atoms with van der Waals surface area (Å²) in [5, 5.41) is 0. The largest absolute Gasteiger partial charge is 0.300 e. The first-order valence-electron chi connectivity index (χ1n) is 8.31. The van der Waals surface area contributed by atoms with Crippen LogP contribution in [0.25, 0.3) is 0 Å². The second kappa shape index (κ2) is 10.6. The third-order valence-corrected chi connectivity index (χ3v) is 4.23. The molecule has 0 unspecified atom stereocenters. The maximum Gasteiger partial charge on any atom is 0.133 e. The number of Topliss-reactive ketones (excluding diaryl/α,β-unsaturated/α-hetero) is 1. The predicted molar refractivity (Wildman–Crippen MR) is 78.8 cm³/mol. The lowest BCUT2D eigenvalue weighted by Crippen LogP contribution is -2.05. The van der Waals surface area contributed by atoms with Crippen molar-refractivity contribution in [3.8, 4) is 0 Å². The van der Waals surface area contributed by atoms with Gasteiger partial charge in [-0.2, -0.15) is 0 Å². The molecule has 0 aromatic rings. The smallest absolute Gasteiger partial charge is 0.133 e. The van der Waals surface area contributed by atoms with E-state index < -0.39 is 0 Å². The summed E-state index contributed by atoms with van der Waals surface area (Å²) in [7, 11) is 0. The molecule has 106 valence electrons. The Morgan fingerprint density at radius 3 is 1.72 bits per heavy atom. The molecule has 1 rings (SSSR count). The van der Waals surface area contributed by atoms with E-state index in [4.69, 9.17) is 0 Å². The van der Waals surface area contributed by atoms with E-state index in [0.29, 0.717) is 11.7 Å². The number of carbonyl (C=O) groups excluding carboxylic acids is 1. The van der Waals surface area contributed by atoms with Gasteiger partial charge in [0.05, 0.1) is 0 Å². The average molecular weight is 252 g/mol. The Kier molecular flexibility index (Phi) is 9.24. The number of ketones is 1. The van der Waals surface area contributed by atoms with Gasteiger partial charge in [0.1, 0.15) is 5.78 Å². The molecule has 1 aliphatic rings. The fraction of sp³-hybridized carbons (Fsp3) is 0.941. The molecule has 0 bridgehead atoms. The molecular weight excluding hydrogens is 220 g/mol. The Labute approximate surface area is 114 Å². The molecule has 0 aromatic carbocycles. The zero-order valence-electron chi connectivity index (χ0n) is 12.4. The van der Waals surface area contributed by atoms with E-state index in [9.17, 15) is 4.79 Å². The maximum absolute atomic E-state index is 11.8. The molecule has 0 amide bonds. The van der Waals surface area contributed by atoms with Crippen molar-refractivity contribution >= 4 is 5.78 Å². The summed E-state index contributed by atoms with van der Waals surface area (Å²) < 4.78 is 0. The van der Waals surface area contributed by atoms with E-state index in [2.05, 4.69) is 6.92 Å². The van der Waals surface area contributed by atoms with Crippen LogP contribution in [0.5, 0.6) is 0 Å². The molecular formula is C17H32O. The first kappa shape index (κ1) is 15.7. The first-order valence-corrected chi connectivity index (χ1v) is 8.31. The lowest BCUT2D eigenvalue weighted by atomic mass is 9.94. The quantitative estimate of drug-likeness (QED) is 0.543. The van der Waals surface area contributed by atoms with Crippen molar-refractivity contribution in [1.82, 2.24) is 0 Å². The normalized spacial score (nSPS) is 26.9. The standard InChI is InChI=1S/C17H32O/c1-16-13-11-9-7-5-3-2-4-6-8-10-12-14-17(18)15-16/h16H,2-15H2,1H3/t16-/m0/s1. The molecule has 0 aromatic heterocycles. The van der Waals surface area contributed by atoms with Crippen LogP contribution < -0.4 is 0 Å². The molecule has 0 aliphatic heterocycles. The molecule has 1 saturated carbocycles. The fourth-order valence-corrected chi connectivity index (χ4v) is 3.00. The fourth-order valence-electron chi connectivity index (χ4n) is 3.00. The van der Waals surface area contributed by atoms with Crippen LogP contribution in [0.3, 0.4) is 0 Å². The molecule has 0 spiro atoms. The second-order valence-corrected chi connectivity index (χ2v) is 6.28. The molecule has 1 atom stereocenters. The van der Waals surface area contributed by atoms with Crippen molar-refractivity contribution in [2.24, 2.45) is 5.92 Å². The highest BCUT2D eigenvalue weighted by molar-refractivity contribution is 5.78. The van der Waals surface area contributed by atoms with Gasteiger partial charge < -0.3 is 0 Å². The highest BCUT2D eigenvalue weighted by Crippen LogP contribution is 2.18. The van der Waals surface area contributed by atoms with Gasteiger partial charge in [-0.15, -0.1) is 0 Å². The highest BCUT2D eigenvalue weighted by Gasteiger charge is 2.09. The molecule has 0 radical (unpaired) electrons. The minimum absolute atomic E-state index is 0.509. The number of carbonyl (C=O) groups is 1. The average Bonchev–Trinajstić information content (AvgIpc) is 2.33. The van der Waals surface area contributed by atoms with Crippen LogP contribution in [0.2, 0.25) is 0 Å². The van der Waals surface area contributed by atoms with E-state index >= 15 is 0 Å². The van der Waals surface area contributed by atoms with E-state index in [1.54, 1.807) is 0 Å². The van der Waals surface area contributed by atoms with Crippen LogP contribution in [0.1, 0.15) is 96.8 Å². The maximum atomic E-state index is 11.8. The van der Waals surface area contributed by atoms with Gasteiger partial charge in [-0.1, -0.05) is 77.6 Å². The van der Waals surface area contributed by atoms with Gasteiger partial charge in [0, 0.05) is 12.8 Å². The van der Waals surface area contributed by atoms with Gasteiger partial charge in [-0.25, -0.2) is 0 Å². The van der Waals surface area contributed by atoms with Gasteiger partial charge >= 0.3 is 0 Å². The molecule has 0 N–H and O–H groups in total. The third-order valence-electron chi connectivity index (χ3n) is 4.23.